The lowest BCUT2D eigenvalue weighted by molar-refractivity contribution is -0.384. The van der Waals surface area contributed by atoms with Crippen molar-refractivity contribution in [3.05, 3.63) is 52.1 Å². The Bertz CT molecular complexity index is 425. The van der Waals surface area contributed by atoms with Gasteiger partial charge in [0.25, 0.3) is 5.69 Å². The topological polar surface area (TPSA) is 80.4 Å². The van der Waals surface area contributed by atoms with Crippen molar-refractivity contribution in [1.29, 1.82) is 0 Å². The first-order valence-electron chi connectivity index (χ1n) is 4.17. The first kappa shape index (κ1) is 10.9. The van der Waals surface area contributed by atoms with Gasteiger partial charge in [0.15, 0.2) is 0 Å². The molecule has 0 bridgehead atoms. The summed E-state index contributed by atoms with van der Waals surface area (Å²) in [6, 6.07) is 3.67. The number of benzene rings is 1. The number of nitro groups is 1. The molecule has 0 saturated heterocycles. The van der Waals surface area contributed by atoms with Crippen LogP contribution in [-0.4, -0.2) is 16.0 Å². The summed E-state index contributed by atoms with van der Waals surface area (Å²) in [4.78, 5) is 20.7. The number of carboxylic acids is 1. The Morgan fingerprint density at radius 1 is 1.60 bits per heavy atom. The summed E-state index contributed by atoms with van der Waals surface area (Å²) < 4.78 is 0. The molecule has 0 atom stereocenters. The highest BCUT2D eigenvalue weighted by molar-refractivity contribution is 5.89. The summed E-state index contributed by atoms with van der Waals surface area (Å²) >= 11 is 0. The smallest absolute Gasteiger partial charge is 0.335 e. The van der Waals surface area contributed by atoms with Crippen LogP contribution in [0.5, 0.6) is 0 Å². The minimum Gasteiger partial charge on any atom is -0.478 e. The minimum absolute atomic E-state index is 0.0699. The van der Waals surface area contributed by atoms with Crippen LogP contribution in [0.4, 0.5) is 5.69 Å². The Kier molecular flexibility index (Phi) is 3.17. The van der Waals surface area contributed by atoms with Crippen LogP contribution in [0.3, 0.4) is 0 Å². The van der Waals surface area contributed by atoms with Crippen LogP contribution in [0.25, 0.3) is 0 Å². The van der Waals surface area contributed by atoms with Crippen molar-refractivity contribution in [3.63, 3.8) is 0 Å². The van der Waals surface area contributed by atoms with Crippen LogP contribution in [-0.2, 0) is 6.42 Å². The van der Waals surface area contributed by atoms with Crippen LogP contribution < -0.4 is 0 Å². The molecule has 0 amide bonds. The Balaban J connectivity index is 3.25. The quantitative estimate of drug-likeness (QED) is 0.465. The van der Waals surface area contributed by atoms with Gasteiger partial charge in [0.05, 0.1) is 10.5 Å². The van der Waals surface area contributed by atoms with Gasteiger partial charge in [-0.15, -0.1) is 6.58 Å². The molecule has 1 N–H and O–H groups in total. The number of carbonyl (C=O) groups is 1. The van der Waals surface area contributed by atoms with Gasteiger partial charge in [0.2, 0.25) is 0 Å². The van der Waals surface area contributed by atoms with Crippen molar-refractivity contribution in [2.24, 2.45) is 0 Å². The van der Waals surface area contributed by atoms with E-state index >= 15 is 0 Å². The lowest BCUT2D eigenvalue weighted by atomic mass is 10.0. The molecule has 0 unspecified atom stereocenters. The van der Waals surface area contributed by atoms with Gasteiger partial charge < -0.3 is 5.11 Å². The molecule has 1 aromatic carbocycles. The van der Waals surface area contributed by atoms with E-state index in [4.69, 9.17) is 5.11 Å². The summed E-state index contributed by atoms with van der Waals surface area (Å²) in [5, 5.41) is 19.3. The average molecular weight is 207 g/mol. The van der Waals surface area contributed by atoms with Crippen molar-refractivity contribution >= 4 is 11.7 Å². The van der Waals surface area contributed by atoms with Crippen LogP contribution in [0, 0.1) is 10.1 Å². The van der Waals surface area contributed by atoms with E-state index in [2.05, 4.69) is 6.58 Å². The second kappa shape index (κ2) is 4.36. The van der Waals surface area contributed by atoms with E-state index in [0.29, 0.717) is 12.0 Å². The largest absolute Gasteiger partial charge is 0.478 e. The number of hydrogen-bond acceptors (Lipinski definition) is 3. The third kappa shape index (κ3) is 2.40. The van der Waals surface area contributed by atoms with Gasteiger partial charge in [-0.2, -0.15) is 0 Å². The number of rotatable bonds is 4. The number of hydrogen-bond donors (Lipinski definition) is 1. The van der Waals surface area contributed by atoms with Gasteiger partial charge in [-0.1, -0.05) is 6.08 Å². The van der Waals surface area contributed by atoms with E-state index < -0.39 is 10.9 Å². The summed E-state index contributed by atoms with van der Waals surface area (Å²) in [5.74, 6) is -1.10. The van der Waals surface area contributed by atoms with Crippen molar-refractivity contribution < 1.29 is 14.8 Å². The predicted molar refractivity (Wildman–Crippen MR) is 54.0 cm³/mol. The zero-order valence-corrected chi connectivity index (χ0v) is 7.84. The first-order valence-corrected chi connectivity index (χ1v) is 4.17. The fraction of sp³-hybridized carbons (Fsp3) is 0.100. The molecule has 0 aliphatic carbocycles. The Morgan fingerprint density at radius 3 is 2.73 bits per heavy atom. The van der Waals surface area contributed by atoms with Gasteiger partial charge in [0, 0.05) is 12.1 Å². The maximum absolute atomic E-state index is 10.8. The molecule has 1 aromatic rings. The highest BCUT2D eigenvalue weighted by atomic mass is 16.6. The molecule has 0 radical (unpaired) electrons. The molecular formula is C10H9NO4. The van der Waals surface area contributed by atoms with Gasteiger partial charge in [-0.3, -0.25) is 10.1 Å². The Hall–Kier alpha value is -2.17. The molecule has 0 aromatic heterocycles. The lowest BCUT2D eigenvalue weighted by Crippen LogP contribution is -2.02. The molecule has 0 saturated carbocycles. The fourth-order valence-corrected chi connectivity index (χ4v) is 1.23. The number of carboxylic acid groups (broad SMARTS) is 1. The van der Waals surface area contributed by atoms with E-state index in [0.717, 1.165) is 0 Å². The van der Waals surface area contributed by atoms with Crippen molar-refractivity contribution in [3.8, 4) is 0 Å². The number of nitro benzene ring substituents is 1. The molecule has 0 aliphatic heterocycles. The van der Waals surface area contributed by atoms with Crippen molar-refractivity contribution in [1.82, 2.24) is 0 Å². The highest BCUT2D eigenvalue weighted by Crippen LogP contribution is 2.18. The third-order valence-electron chi connectivity index (χ3n) is 1.89. The Labute approximate surface area is 85.8 Å². The molecule has 5 heteroatoms. The van der Waals surface area contributed by atoms with Crippen molar-refractivity contribution in [2.45, 2.75) is 6.42 Å². The van der Waals surface area contributed by atoms with Crippen LogP contribution in [0.2, 0.25) is 0 Å². The van der Waals surface area contributed by atoms with Gasteiger partial charge in [0.1, 0.15) is 0 Å². The molecule has 5 nitrogen and oxygen atoms in total. The molecule has 78 valence electrons. The molecule has 0 heterocycles. The summed E-state index contributed by atoms with van der Waals surface area (Å²) in [5.41, 5.74) is 0.351. The van der Waals surface area contributed by atoms with Gasteiger partial charge in [-0.05, 0) is 18.1 Å². The summed E-state index contributed by atoms with van der Waals surface area (Å²) in [6.45, 7) is 3.47. The zero-order chi connectivity index (χ0) is 11.4. The third-order valence-corrected chi connectivity index (χ3v) is 1.89. The van der Waals surface area contributed by atoms with Crippen LogP contribution >= 0.6 is 0 Å². The minimum atomic E-state index is -1.10. The number of nitrogens with zero attached hydrogens (tertiary/aromatic N) is 1. The molecular weight excluding hydrogens is 198 g/mol. The van der Waals surface area contributed by atoms with E-state index in [-0.39, 0.29) is 11.3 Å². The van der Waals surface area contributed by atoms with Crippen LogP contribution in [0.15, 0.2) is 30.9 Å². The molecule has 0 spiro atoms. The lowest BCUT2D eigenvalue weighted by Gasteiger charge is -2.02. The van der Waals surface area contributed by atoms with Crippen molar-refractivity contribution in [2.75, 3.05) is 0 Å². The Morgan fingerprint density at radius 2 is 2.27 bits per heavy atom. The summed E-state index contributed by atoms with van der Waals surface area (Å²) in [7, 11) is 0. The molecule has 0 fully saturated rings. The number of allylic oxidation sites excluding steroid dienone is 1. The molecule has 15 heavy (non-hydrogen) atoms. The second-order valence-electron chi connectivity index (χ2n) is 2.90. The predicted octanol–water partition coefficient (Wildman–Crippen LogP) is 2.02. The second-order valence-corrected chi connectivity index (χ2v) is 2.90. The average Bonchev–Trinajstić information content (AvgIpc) is 2.17. The maximum atomic E-state index is 10.8. The summed E-state index contributed by atoms with van der Waals surface area (Å²) in [6.07, 6.45) is 1.80. The van der Waals surface area contributed by atoms with E-state index in [1.54, 1.807) is 0 Å². The SMILES string of the molecule is C=CCc1cc([N+](=O)[O-])ccc1C(=O)O. The monoisotopic (exact) mass is 207 g/mol. The number of non-ortho nitro benzene ring substituents is 1. The first-order chi connectivity index (χ1) is 7.06. The highest BCUT2D eigenvalue weighted by Gasteiger charge is 2.13. The molecule has 1 rings (SSSR count). The zero-order valence-electron chi connectivity index (χ0n) is 7.84. The number of aromatic carboxylic acids is 1. The van der Waals surface area contributed by atoms with Gasteiger partial charge in [-0.25, -0.2) is 4.79 Å². The normalized spacial score (nSPS) is 9.60. The van der Waals surface area contributed by atoms with Gasteiger partial charge >= 0.3 is 5.97 Å². The van der Waals surface area contributed by atoms with E-state index in [9.17, 15) is 14.9 Å². The molecule has 0 aliphatic rings. The fourth-order valence-electron chi connectivity index (χ4n) is 1.23. The van der Waals surface area contributed by atoms with E-state index in [1.807, 2.05) is 0 Å². The standard InChI is InChI=1S/C10H9NO4/c1-2-3-7-6-8(11(14)15)4-5-9(7)10(12)13/h2,4-6H,1,3H2,(H,12,13). The van der Waals surface area contributed by atoms with Crippen LogP contribution in [0.1, 0.15) is 15.9 Å². The van der Waals surface area contributed by atoms with E-state index in [1.165, 1.54) is 24.3 Å². The maximum Gasteiger partial charge on any atom is 0.335 e.